The number of carbonyl (C=O) groups is 2. The third-order valence-corrected chi connectivity index (χ3v) is 4.55. The van der Waals surface area contributed by atoms with Gasteiger partial charge in [-0.2, -0.15) is 0 Å². The van der Waals surface area contributed by atoms with Gasteiger partial charge in [0.05, 0.1) is 0 Å². The molecule has 0 aromatic heterocycles. The number of hydrogen-bond acceptors (Lipinski definition) is 3. The maximum atomic E-state index is 12.5. The minimum atomic E-state index is -0.621. The van der Waals surface area contributed by atoms with Gasteiger partial charge >= 0.3 is 0 Å². The molecule has 0 heterocycles. The summed E-state index contributed by atoms with van der Waals surface area (Å²) in [5.41, 5.74) is 2.94. The molecule has 2 aromatic carbocycles. The number of nitrogens with zero attached hydrogens (tertiary/aromatic N) is 1. The lowest BCUT2D eigenvalue weighted by Crippen LogP contribution is -2.30. The van der Waals surface area contributed by atoms with Gasteiger partial charge in [0.1, 0.15) is 5.75 Å². The molecule has 0 saturated heterocycles. The van der Waals surface area contributed by atoms with E-state index < -0.39 is 6.10 Å². The lowest BCUT2D eigenvalue weighted by atomic mass is 10.0. The quantitative estimate of drug-likeness (QED) is 0.743. The van der Waals surface area contributed by atoms with Crippen LogP contribution in [0.25, 0.3) is 0 Å². The van der Waals surface area contributed by atoms with Crippen molar-refractivity contribution in [1.29, 1.82) is 0 Å². The van der Waals surface area contributed by atoms with Crippen molar-refractivity contribution in [3.05, 3.63) is 59.7 Å². The number of rotatable bonds is 8. The summed E-state index contributed by atoms with van der Waals surface area (Å²) in [6.07, 6.45) is 0.453. The first-order chi connectivity index (χ1) is 13.3. The van der Waals surface area contributed by atoms with Crippen LogP contribution in [0.1, 0.15) is 44.2 Å². The summed E-state index contributed by atoms with van der Waals surface area (Å²) in [7, 11) is 3.49. The number of benzene rings is 2. The number of ether oxygens (including phenoxy) is 1. The van der Waals surface area contributed by atoms with Crippen molar-refractivity contribution in [2.24, 2.45) is 0 Å². The number of hydrogen-bond donors (Lipinski definition) is 1. The lowest BCUT2D eigenvalue weighted by molar-refractivity contribution is -0.128. The van der Waals surface area contributed by atoms with Crippen LogP contribution in [0.15, 0.2) is 48.5 Å². The molecule has 0 radical (unpaired) electrons. The van der Waals surface area contributed by atoms with Crippen molar-refractivity contribution in [3.8, 4) is 5.75 Å². The smallest absolute Gasteiger partial charge is 0.265 e. The van der Waals surface area contributed by atoms with Gasteiger partial charge in [-0.3, -0.25) is 9.59 Å². The maximum Gasteiger partial charge on any atom is 0.265 e. The molecule has 0 bridgehead atoms. The van der Waals surface area contributed by atoms with E-state index in [0.29, 0.717) is 30.2 Å². The van der Waals surface area contributed by atoms with E-state index >= 15 is 0 Å². The van der Waals surface area contributed by atoms with Gasteiger partial charge in [0, 0.05) is 26.2 Å². The highest BCUT2D eigenvalue weighted by Crippen LogP contribution is 2.20. The van der Waals surface area contributed by atoms with E-state index in [9.17, 15) is 9.59 Å². The molecule has 5 heteroatoms. The number of nitrogens with one attached hydrogen (secondary N) is 1. The van der Waals surface area contributed by atoms with E-state index in [0.717, 1.165) is 5.56 Å². The van der Waals surface area contributed by atoms with E-state index in [1.54, 1.807) is 25.9 Å². The largest absolute Gasteiger partial charge is 0.481 e. The van der Waals surface area contributed by atoms with Crippen LogP contribution in [0.5, 0.6) is 5.75 Å². The minimum Gasteiger partial charge on any atom is -0.481 e. The third kappa shape index (κ3) is 6.41. The van der Waals surface area contributed by atoms with Crippen LogP contribution < -0.4 is 10.1 Å². The summed E-state index contributed by atoms with van der Waals surface area (Å²) in [4.78, 5) is 25.8. The van der Waals surface area contributed by atoms with Gasteiger partial charge in [-0.1, -0.05) is 38.1 Å². The van der Waals surface area contributed by atoms with Crippen molar-refractivity contribution in [2.75, 3.05) is 19.4 Å². The number of carbonyl (C=O) groups excluding carboxylic acids is 2. The number of amides is 2. The van der Waals surface area contributed by atoms with E-state index in [4.69, 9.17) is 4.74 Å². The van der Waals surface area contributed by atoms with Crippen molar-refractivity contribution in [2.45, 2.75) is 45.6 Å². The van der Waals surface area contributed by atoms with Gasteiger partial charge in [-0.25, -0.2) is 0 Å². The van der Waals surface area contributed by atoms with Crippen molar-refractivity contribution >= 4 is 17.5 Å². The molecule has 150 valence electrons. The normalized spacial score (nSPS) is 11.8. The molecule has 1 N–H and O–H groups in total. The van der Waals surface area contributed by atoms with E-state index in [2.05, 4.69) is 19.2 Å². The molecule has 2 rings (SSSR count). The first-order valence-electron chi connectivity index (χ1n) is 9.63. The van der Waals surface area contributed by atoms with Crippen molar-refractivity contribution in [1.82, 2.24) is 4.90 Å². The highest BCUT2D eigenvalue weighted by molar-refractivity contribution is 5.94. The average Bonchev–Trinajstić information content (AvgIpc) is 2.66. The zero-order valence-electron chi connectivity index (χ0n) is 17.4. The Labute approximate surface area is 167 Å². The predicted octanol–water partition coefficient (Wildman–Crippen LogP) is 4.24. The molecule has 0 aliphatic heterocycles. The molecule has 0 spiro atoms. The van der Waals surface area contributed by atoms with Crippen molar-refractivity contribution in [3.63, 3.8) is 0 Å². The Kier molecular flexibility index (Phi) is 7.61. The Morgan fingerprint density at radius 1 is 1.04 bits per heavy atom. The van der Waals surface area contributed by atoms with Gasteiger partial charge < -0.3 is 15.0 Å². The molecule has 0 aliphatic rings. The second kappa shape index (κ2) is 9.93. The van der Waals surface area contributed by atoms with Crippen LogP contribution >= 0.6 is 0 Å². The molecule has 2 aromatic rings. The highest BCUT2D eigenvalue weighted by atomic mass is 16.5. The predicted molar refractivity (Wildman–Crippen MR) is 113 cm³/mol. The maximum absolute atomic E-state index is 12.5. The second-order valence-electron chi connectivity index (χ2n) is 7.46. The standard InChI is InChI=1S/C23H30N2O3/c1-16(2)19-10-12-21(13-11-19)28-17(3)23(27)24-20-8-6-7-18(15-20)9-14-22(26)25(4)5/h6-8,10-13,15-17H,9,14H2,1-5H3,(H,24,27). The molecule has 2 amide bonds. The molecular weight excluding hydrogens is 352 g/mol. The second-order valence-corrected chi connectivity index (χ2v) is 7.46. The topological polar surface area (TPSA) is 58.6 Å². The molecular formula is C23H30N2O3. The summed E-state index contributed by atoms with van der Waals surface area (Å²) < 4.78 is 5.76. The Morgan fingerprint density at radius 3 is 2.32 bits per heavy atom. The molecule has 1 atom stereocenters. The van der Waals surface area contributed by atoms with Crippen LogP contribution in [0.2, 0.25) is 0 Å². The molecule has 0 aliphatic carbocycles. The van der Waals surface area contributed by atoms with Gasteiger partial charge in [-0.05, 0) is 54.7 Å². The Hall–Kier alpha value is -2.82. The fraction of sp³-hybridized carbons (Fsp3) is 0.391. The minimum absolute atomic E-state index is 0.0833. The Balaban J connectivity index is 1.92. The number of anilines is 1. The fourth-order valence-corrected chi connectivity index (χ4v) is 2.71. The van der Waals surface area contributed by atoms with Gasteiger partial charge in [0.15, 0.2) is 6.10 Å². The SMILES string of the molecule is CC(Oc1ccc(C(C)C)cc1)C(=O)Nc1cccc(CCC(=O)N(C)C)c1. The first kappa shape index (κ1) is 21.5. The van der Waals surface area contributed by atoms with E-state index in [-0.39, 0.29) is 11.8 Å². The van der Waals surface area contributed by atoms with E-state index in [1.807, 2.05) is 48.5 Å². The van der Waals surface area contributed by atoms with Gasteiger partial charge in [0.25, 0.3) is 5.91 Å². The molecule has 0 fully saturated rings. The monoisotopic (exact) mass is 382 g/mol. The fourth-order valence-electron chi connectivity index (χ4n) is 2.71. The molecule has 5 nitrogen and oxygen atoms in total. The van der Waals surface area contributed by atoms with Gasteiger partial charge in [-0.15, -0.1) is 0 Å². The number of aryl methyl sites for hydroxylation is 1. The third-order valence-electron chi connectivity index (χ3n) is 4.55. The highest BCUT2D eigenvalue weighted by Gasteiger charge is 2.15. The van der Waals surface area contributed by atoms with Crippen LogP contribution in [-0.4, -0.2) is 36.9 Å². The Morgan fingerprint density at radius 2 is 1.71 bits per heavy atom. The van der Waals surface area contributed by atoms with Crippen LogP contribution in [0, 0.1) is 0 Å². The van der Waals surface area contributed by atoms with Crippen molar-refractivity contribution < 1.29 is 14.3 Å². The average molecular weight is 383 g/mol. The molecule has 28 heavy (non-hydrogen) atoms. The van der Waals surface area contributed by atoms with E-state index in [1.165, 1.54) is 5.56 Å². The molecule has 1 unspecified atom stereocenters. The summed E-state index contributed by atoms with van der Waals surface area (Å²) >= 11 is 0. The summed E-state index contributed by atoms with van der Waals surface area (Å²) in [5, 5.41) is 2.88. The Bertz CT molecular complexity index is 798. The first-order valence-corrected chi connectivity index (χ1v) is 9.63. The molecule has 0 saturated carbocycles. The van der Waals surface area contributed by atoms with Crippen LogP contribution in [0.4, 0.5) is 5.69 Å². The zero-order chi connectivity index (χ0) is 20.7. The lowest BCUT2D eigenvalue weighted by Gasteiger charge is -2.16. The van der Waals surface area contributed by atoms with Crippen LogP contribution in [0.3, 0.4) is 0 Å². The summed E-state index contributed by atoms with van der Waals surface area (Å²) in [6.45, 7) is 6.00. The van der Waals surface area contributed by atoms with Crippen LogP contribution in [-0.2, 0) is 16.0 Å². The van der Waals surface area contributed by atoms with Gasteiger partial charge in [0.2, 0.25) is 5.91 Å². The zero-order valence-corrected chi connectivity index (χ0v) is 17.4. The summed E-state index contributed by atoms with van der Waals surface area (Å²) in [6, 6.07) is 15.4. The summed E-state index contributed by atoms with van der Waals surface area (Å²) in [5.74, 6) is 0.993.